The van der Waals surface area contributed by atoms with Crippen LogP contribution in [0.25, 0.3) is 5.57 Å². The van der Waals surface area contributed by atoms with Gasteiger partial charge in [-0.3, -0.25) is 0 Å². The summed E-state index contributed by atoms with van der Waals surface area (Å²) >= 11 is 0. The topological polar surface area (TPSA) is 85.1 Å². The van der Waals surface area contributed by atoms with E-state index in [1.807, 2.05) is 6.07 Å². The largest absolute Gasteiger partial charge is 0.465 e. The second kappa shape index (κ2) is 12.4. The molecule has 2 aromatic carbocycles. The van der Waals surface area contributed by atoms with Gasteiger partial charge in [0.2, 0.25) is 0 Å². The minimum Gasteiger partial charge on any atom is -0.465 e. The van der Waals surface area contributed by atoms with Crippen molar-refractivity contribution in [3.63, 3.8) is 0 Å². The van der Waals surface area contributed by atoms with Gasteiger partial charge in [0.05, 0.1) is 18.8 Å². The van der Waals surface area contributed by atoms with Crippen LogP contribution in [-0.4, -0.2) is 49.6 Å². The van der Waals surface area contributed by atoms with E-state index >= 15 is 0 Å². The quantitative estimate of drug-likeness (QED) is 0.300. The van der Waals surface area contributed by atoms with Gasteiger partial charge < -0.3 is 19.4 Å². The normalized spacial score (nSPS) is 18.0. The first kappa shape index (κ1) is 26.9. The Morgan fingerprint density at radius 1 is 1.05 bits per heavy atom. The minimum absolute atomic E-state index is 0.0285. The third kappa shape index (κ3) is 5.59. The number of fused-ring (bicyclic) bond motifs is 1. The second-order valence-corrected chi connectivity index (χ2v) is 9.99. The number of nitrogens with zero attached hydrogens (tertiary/aromatic N) is 2. The molecule has 2 aromatic rings. The van der Waals surface area contributed by atoms with Crippen LogP contribution in [0.1, 0.15) is 69.2 Å². The Morgan fingerprint density at radius 2 is 1.81 bits per heavy atom. The standard InChI is InChI=1S/C30H39N3O4/c1-4-6-7-10-17-32-18-15-21(16-19-32)28-24(5-2)33(31)25-13-14-27(23(20-34)29(25)28)37-26-12-9-8-11-22(26)30(35)36-3/h8-9,11-14,21,24H,4-7,10,15-19,31H2,1-3H3. The van der Waals surface area contributed by atoms with Gasteiger partial charge in [-0.05, 0) is 81.1 Å². The maximum absolute atomic E-state index is 12.4. The summed E-state index contributed by atoms with van der Waals surface area (Å²) in [6.45, 7) is 7.64. The fourth-order valence-electron chi connectivity index (χ4n) is 5.83. The van der Waals surface area contributed by atoms with Gasteiger partial charge in [-0.25, -0.2) is 15.4 Å². The van der Waals surface area contributed by atoms with Gasteiger partial charge >= 0.3 is 5.97 Å². The number of carbonyl (C=O) groups excluding carboxylic acids is 2. The van der Waals surface area contributed by atoms with Gasteiger partial charge in [-0.1, -0.05) is 45.2 Å². The van der Waals surface area contributed by atoms with E-state index in [-0.39, 0.29) is 6.04 Å². The average molecular weight is 506 g/mol. The van der Waals surface area contributed by atoms with E-state index in [1.54, 1.807) is 35.3 Å². The lowest BCUT2D eigenvalue weighted by Crippen LogP contribution is -2.41. The SMILES string of the molecule is CCCCCCN1CCC(C2=c3c(ccc(Oc4ccccc4C(=O)OC)c3=C=O)N(N)C2CC)CC1. The number of rotatable bonds is 10. The number of para-hydroxylation sites is 1. The summed E-state index contributed by atoms with van der Waals surface area (Å²) in [5.74, 6) is 9.29. The molecular weight excluding hydrogens is 466 g/mol. The number of hydrogen-bond acceptors (Lipinski definition) is 7. The third-order valence-corrected chi connectivity index (χ3v) is 7.76. The summed E-state index contributed by atoms with van der Waals surface area (Å²) in [6, 6.07) is 10.5. The van der Waals surface area contributed by atoms with Crippen LogP contribution in [0.15, 0.2) is 36.4 Å². The Hall–Kier alpha value is -3.12. The molecule has 2 aliphatic rings. The lowest BCUT2D eigenvalue weighted by Gasteiger charge is -2.35. The highest BCUT2D eigenvalue weighted by Crippen LogP contribution is 2.35. The van der Waals surface area contributed by atoms with E-state index in [0.29, 0.717) is 28.2 Å². The zero-order valence-electron chi connectivity index (χ0n) is 22.3. The number of nitrogens with two attached hydrogens (primary N) is 1. The number of benzene rings is 2. The predicted octanol–water partition coefficient (Wildman–Crippen LogP) is 3.68. The van der Waals surface area contributed by atoms with Crippen molar-refractivity contribution in [3.05, 3.63) is 52.4 Å². The number of carbonyl (C=O) groups is 1. The maximum Gasteiger partial charge on any atom is 0.341 e. The summed E-state index contributed by atoms with van der Waals surface area (Å²) in [5.41, 5.74) is 2.34. The lowest BCUT2D eigenvalue weighted by atomic mass is 9.84. The van der Waals surface area contributed by atoms with E-state index in [9.17, 15) is 9.59 Å². The molecule has 7 heteroatoms. The van der Waals surface area contributed by atoms with Gasteiger partial charge in [0, 0.05) is 5.22 Å². The molecule has 37 heavy (non-hydrogen) atoms. The van der Waals surface area contributed by atoms with E-state index in [4.69, 9.17) is 15.3 Å². The van der Waals surface area contributed by atoms with Crippen molar-refractivity contribution >= 4 is 23.2 Å². The molecular formula is C30H39N3O4. The minimum atomic E-state index is -0.499. The van der Waals surface area contributed by atoms with Crippen molar-refractivity contribution in [2.45, 2.75) is 64.8 Å². The Kier molecular flexibility index (Phi) is 9.04. The van der Waals surface area contributed by atoms with Crippen molar-refractivity contribution in [3.8, 4) is 11.5 Å². The molecule has 0 aromatic heterocycles. The van der Waals surface area contributed by atoms with E-state index < -0.39 is 5.97 Å². The van der Waals surface area contributed by atoms with Gasteiger partial charge in [0.1, 0.15) is 28.2 Å². The first-order chi connectivity index (χ1) is 18.0. The molecule has 0 spiro atoms. The highest BCUT2D eigenvalue weighted by Gasteiger charge is 2.35. The van der Waals surface area contributed by atoms with E-state index in [1.165, 1.54) is 38.4 Å². The van der Waals surface area contributed by atoms with E-state index in [0.717, 1.165) is 49.8 Å². The molecule has 0 aliphatic carbocycles. The number of hydrogen-bond donors (Lipinski definition) is 1. The summed E-state index contributed by atoms with van der Waals surface area (Å²) in [4.78, 5) is 27.3. The molecule has 2 N–H and O–H groups in total. The van der Waals surface area contributed by atoms with E-state index in [2.05, 4.69) is 24.7 Å². The van der Waals surface area contributed by atoms with Gasteiger partial charge in [0.15, 0.2) is 0 Å². The number of methoxy groups -OCH3 is 1. The van der Waals surface area contributed by atoms with Crippen LogP contribution in [0.4, 0.5) is 5.69 Å². The molecule has 0 bridgehead atoms. The van der Waals surface area contributed by atoms with Crippen LogP contribution in [-0.2, 0) is 9.53 Å². The molecule has 0 amide bonds. The first-order valence-electron chi connectivity index (χ1n) is 13.6. The van der Waals surface area contributed by atoms with Crippen molar-refractivity contribution in [1.82, 2.24) is 4.90 Å². The number of piperidine rings is 1. The summed E-state index contributed by atoms with van der Waals surface area (Å²) < 4.78 is 11.1. The second-order valence-electron chi connectivity index (χ2n) is 9.99. The monoisotopic (exact) mass is 505 g/mol. The molecule has 4 rings (SSSR count). The third-order valence-electron chi connectivity index (χ3n) is 7.76. The zero-order chi connectivity index (χ0) is 26.4. The number of likely N-dealkylation sites (tertiary alicyclic amines) is 1. The van der Waals surface area contributed by atoms with Crippen LogP contribution >= 0.6 is 0 Å². The van der Waals surface area contributed by atoms with Gasteiger partial charge in [-0.2, -0.15) is 0 Å². The molecule has 7 nitrogen and oxygen atoms in total. The van der Waals surface area contributed by atoms with Gasteiger partial charge in [-0.15, -0.1) is 0 Å². The molecule has 0 radical (unpaired) electrons. The molecule has 2 aliphatic heterocycles. The van der Waals surface area contributed by atoms with Crippen molar-refractivity contribution in [1.29, 1.82) is 0 Å². The van der Waals surface area contributed by atoms with Crippen LogP contribution in [0.2, 0.25) is 0 Å². The molecule has 1 atom stereocenters. The van der Waals surface area contributed by atoms with Gasteiger partial charge in [0.25, 0.3) is 0 Å². The first-order valence-corrected chi connectivity index (χ1v) is 13.6. The Morgan fingerprint density at radius 3 is 2.49 bits per heavy atom. The number of esters is 1. The fourth-order valence-corrected chi connectivity index (χ4v) is 5.83. The predicted molar refractivity (Wildman–Crippen MR) is 146 cm³/mol. The molecule has 1 unspecified atom stereocenters. The number of anilines is 1. The van der Waals surface area contributed by atoms with Crippen LogP contribution in [0.3, 0.4) is 0 Å². The fraction of sp³-hybridized carbons (Fsp3) is 0.500. The number of unbranched alkanes of at least 4 members (excludes halogenated alkanes) is 3. The average Bonchev–Trinajstić information content (AvgIpc) is 3.22. The molecule has 1 fully saturated rings. The Balaban J connectivity index is 1.69. The smallest absolute Gasteiger partial charge is 0.341 e. The summed E-state index contributed by atoms with van der Waals surface area (Å²) in [5, 5.41) is 3.01. The molecule has 0 saturated carbocycles. The van der Waals surface area contributed by atoms with Crippen LogP contribution in [0.5, 0.6) is 11.5 Å². The van der Waals surface area contributed by atoms with Crippen LogP contribution in [0, 0.1) is 5.92 Å². The molecule has 1 saturated heterocycles. The molecule has 2 heterocycles. The Bertz CT molecular complexity index is 1250. The highest BCUT2D eigenvalue weighted by atomic mass is 16.5. The Labute approximate surface area is 219 Å². The summed E-state index contributed by atoms with van der Waals surface area (Å²) in [6.07, 6.45) is 8.03. The molecule has 198 valence electrons. The van der Waals surface area contributed by atoms with Crippen LogP contribution < -0.4 is 26.0 Å². The van der Waals surface area contributed by atoms with Crippen molar-refractivity contribution in [2.24, 2.45) is 11.8 Å². The highest BCUT2D eigenvalue weighted by molar-refractivity contribution is 5.92. The summed E-state index contributed by atoms with van der Waals surface area (Å²) in [7, 11) is 1.33. The van der Waals surface area contributed by atoms with Crippen molar-refractivity contribution in [2.75, 3.05) is 31.8 Å². The lowest BCUT2D eigenvalue weighted by molar-refractivity contribution is 0.0598. The zero-order valence-corrected chi connectivity index (χ0v) is 22.3. The number of hydrazine groups is 1. The number of ether oxygens (including phenoxy) is 2. The van der Waals surface area contributed by atoms with Crippen molar-refractivity contribution < 1.29 is 19.1 Å². The maximum atomic E-state index is 12.4.